The summed E-state index contributed by atoms with van der Waals surface area (Å²) in [6.45, 7) is 3.18. The lowest BCUT2D eigenvalue weighted by atomic mass is 10.1. The molecule has 5 nitrogen and oxygen atoms in total. The summed E-state index contributed by atoms with van der Waals surface area (Å²) >= 11 is 0. The van der Waals surface area contributed by atoms with Crippen LogP contribution in [0.1, 0.15) is 42.1 Å². The summed E-state index contributed by atoms with van der Waals surface area (Å²) in [6, 6.07) is 14.4. The average molecular weight is 385 g/mol. The van der Waals surface area contributed by atoms with Gasteiger partial charge in [-0.3, -0.25) is 4.79 Å². The van der Waals surface area contributed by atoms with Gasteiger partial charge < -0.3 is 4.90 Å². The molecule has 0 unspecified atom stereocenters. The maximum absolute atomic E-state index is 13.0. The fraction of sp³-hybridized carbons (Fsp3) is 0.381. The average Bonchev–Trinajstić information content (AvgIpc) is 3.03. The number of carbonyl (C=O) groups excluding carboxylic acids is 1. The van der Waals surface area contributed by atoms with E-state index in [4.69, 9.17) is 0 Å². The third kappa shape index (κ3) is 3.28. The summed E-state index contributed by atoms with van der Waals surface area (Å²) in [5.74, 6) is -0.0477. The van der Waals surface area contributed by atoms with E-state index in [2.05, 4.69) is 0 Å². The van der Waals surface area contributed by atoms with E-state index in [1.54, 1.807) is 27.4 Å². The molecule has 0 radical (unpaired) electrons. The highest BCUT2D eigenvalue weighted by molar-refractivity contribution is 7.89. The predicted molar refractivity (Wildman–Crippen MR) is 105 cm³/mol. The van der Waals surface area contributed by atoms with Crippen molar-refractivity contribution in [1.29, 1.82) is 0 Å². The minimum Gasteiger partial charge on any atom is -0.305 e. The molecule has 2 aromatic rings. The second-order valence-electron chi connectivity index (χ2n) is 7.35. The zero-order valence-electron chi connectivity index (χ0n) is 15.5. The Balaban J connectivity index is 1.66. The first-order valence-electron chi connectivity index (χ1n) is 9.50. The van der Waals surface area contributed by atoms with Crippen LogP contribution in [0.2, 0.25) is 0 Å². The van der Waals surface area contributed by atoms with Crippen LogP contribution in [0.15, 0.2) is 53.4 Å². The van der Waals surface area contributed by atoms with E-state index in [-0.39, 0.29) is 11.9 Å². The number of benzene rings is 2. The zero-order chi connectivity index (χ0) is 19.0. The third-order valence-corrected chi connectivity index (χ3v) is 7.35. The van der Waals surface area contributed by atoms with Crippen LogP contribution >= 0.6 is 0 Å². The fourth-order valence-corrected chi connectivity index (χ4v) is 5.62. The van der Waals surface area contributed by atoms with E-state index in [9.17, 15) is 13.2 Å². The summed E-state index contributed by atoms with van der Waals surface area (Å²) in [6.07, 6.45) is 3.59. The zero-order valence-corrected chi connectivity index (χ0v) is 16.3. The summed E-state index contributed by atoms with van der Waals surface area (Å²) < 4.78 is 27.5. The van der Waals surface area contributed by atoms with Gasteiger partial charge in [-0.25, -0.2) is 8.42 Å². The van der Waals surface area contributed by atoms with Crippen molar-refractivity contribution in [3.8, 4) is 0 Å². The molecule has 27 heavy (non-hydrogen) atoms. The van der Waals surface area contributed by atoms with E-state index >= 15 is 0 Å². The molecule has 1 saturated heterocycles. The third-order valence-electron chi connectivity index (χ3n) is 5.46. The molecule has 142 valence electrons. The maximum atomic E-state index is 13.0. The summed E-state index contributed by atoms with van der Waals surface area (Å²) in [7, 11) is -3.46. The molecule has 0 N–H and O–H groups in total. The van der Waals surface area contributed by atoms with E-state index in [0.29, 0.717) is 30.0 Å². The Morgan fingerprint density at radius 2 is 1.70 bits per heavy atom. The van der Waals surface area contributed by atoms with Crippen molar-refractivity contribution in [3.63, 3.8) is 0 Å². The molecule has 2 aliphatic rings. The molecular formula is C21H24N2O3S. The molecular weight excluding hydrogens is 360 g/mol. The van der Waals surface area contributed by atoms with E-state index in [1.165, 1.54) is 0 Å². The number of anilines is 1. The molecule has 4 rings (SSSR count). The Labute approximate surface area is 160 Å². The normalized spacial score (nSPS) is 20.5. The highest BCUT2D eigenvalue weighted by Crippen LogP contribution is 2.35. The number of carbonyl (C=O) groups is 1. The number of hydrogen-bond acceptors (Lipinski definition) is 3. The molecule has 0 aromatic heterocycles. The van der Waals surface area contributed by atoms with Gasteiger partial charge in [-0.1, -0.05) is 24.6 Å². The van der Waals surface area contributed by atoms with Gasteiger partial charge in [-0.2, -0.15) is 4.31 Å². The fourth-order valence-electron chi connectivity index (χ4n) is 4.05. The maximum Gasteiger partial charge on any atom is 0.258 e. The molecule has 0 aliphatic carbocycles. The van der Waals surface area contributed by atoms with Crippen molar-refractivity contribution in [2.45, 2.75) is 43.5 Å². The smallest absolute Gasteiger partial charge is 0.258 e. The Bertz CT molecular complexity index is 951. The molecule has 1 amide bonds. The van der Waals surface area contributed by atoms with E-state index in [1.807, 2.05) is 37.3 Å². The Hall–Kier alpha value is -2.18. The minimum absolute atomic E-state index is 0.000599. The van der Waals surface area contributed by atoms with Crippen molar-refractivity contribution in [2.75, 3.05) is 18.0 Å². The Morgan fingerprint density at radius 3 is 2.41 bits per heavy atom. The highest BCUT2D eigenvalue weighted by Gasteiger charge is 2.33. The van der Waals surface area contributed by atoms with Crippen molar-refractivity contribution >= 4 is 21.6 Å². The van der Waals surface area contributed by atoms with Gasteiger partial charge in [0.2, 0.25) is 10.0 Å². The van der Waals surface area contributed by atoms with Gasteiger partial charge in [-0.05, 0) is 62.1 Å². The summed E-state index contributed by atoms with van der Waals surface area (Å²) in [4.78, 5) is 15.1. The van der Waals surface area contributed by atoms with Gasteiger partial charge in [-0.15, -0.1) is 0 Å². The predicted octanol–water partition coefficient (Wildman–Crippen LogP) is 3.45. The quantitative estimate of drug-likeness (QED) is 0.814. The second kappa shape index (κ2) is 7.09. The monoisotopic (exact) mass is 384 g/mol. The number of amides is 1. The largest absolute Gasteiger partial charge is 0.305 e. The van der Waals surface area contributed by atoms with Crippen LogP contribution < -0.4 is 4.90 Å². The number of sulfonamides is 1. The number of rotatable bonds is 3. The molecule has 2 aliphatic heterocycles. The molecule has 0 saturated carbocycles. The van der Waals surface area contributed by atoms with Crippen LogP contribution in [-0.2, 0) is 16.4 Å². The van der Waals surface area contributed by atoms with Crippen LogP contribution in [0.25, 0.3) is 0 Å². The lowest BCUT2D eigenvalue weighted by Crippen LogP contribution is -2.36. The Kier molecular flexibility index (Phi) is 4.78. The number of piperidine rings is 1. The lowest BCUT2D eigenvalue weighted by molar-refractivity contribution is 0.0981. The standard InChI is InChI=1S/C21H24N2O3S/c1-16-14-18-15-19(27(25,26)22-12-6-3-7-13-22)10-11-20(18)23(16)21(24)17-8-4-2-5-9-17/h2,4-5,8-11,15-16H,3,6-7,12-14H2,1H3/t16-/m0/s1. The van der Waals surface area contributed by atoms with Gasteiger partial charge in [0.15, 0.2) is 0 Å². The molecule has 2 heterocycles. The number of fused-ring (bicyclic) bond motifs is 1. The van der Waals surface area contributed by atoms with Crippen LogP contribution in [0.4, 0.5) is 5.69 Å². The van der Waals surface area contributed by atoms with Crippen LogP contribution in [0.3, 0.4) is 0 Å². The van der Waals surface area contributed by atoms with Gasteiger partial charge in [0.25, 0.3) is 5.91 Å². The van der Waals surface area contributed by atoms with Gasteiger partial charge in [0.05, 0.1) is 4.90 Å². The topological polar surface area (TPSA) is 57.7 Å². The molecule has 0 spiro atoms. The minimum atomic E-state index is -3.46. The van der Waals surface area contributed by atoms with Crippen molar-refractivity contribution in [2.24, 2.45) is 0 Å². The van der Waals surface area contributed by atoms with Gasteiger partial charge >= 0.3 is 0 Å². The van der Waals surface area contributed by atoms with Crippen molar-refractivity contribution in [3.05, 3.63) is 59.7 Å². The SMILES string of the molecule is C[C@H]1Cc2cc(S(=O)(=O)N3CCCCC3)ccc2N1C(=O)c1ccccc1. The van der Waals surface area contributed by atoms with Crippen LogP contribution in [0.5, 0.6) is 0 Å². The molecule has 0 bridgehead atoms. The molecule has 1 fully saturated rings. The van der Waals surface area contributed by atoms with Crippen molar-refractivity contribution in [1.82, 2.24) is 4.31 Å². The first kappa shape index (κ1) is 18.2. The summed E-state index contributed by atoms with van der Waals surface area (Å²) in [5, 5.41) is 0. The van der Waals surface area contributed by atoms with Crippen LogP contribution in [-0.4, -0.2) is 37.8 Å². The number of hydrogen-bond donors (Lipinski definition) is 0. The molecule has 6 heteroatoms. The van der Waals surface area contributed by atoms with E-state index in [0.717, 1.165) is 30.5 Å². The van der Waals surface area contributed by atoms with Crippen molar-refractivity contribution < 1.29 is 13.2 Å². The number of nitrogens with zero attached hydrogens (tertiary/aromatic N) is 2. The molecule has 1 atom stereocenters. The Morgan fingerprint density at radius 1 is 1.00 bits per heavy atom. The second-order valence-corrected chi connectivity index (χ2v) is 9.29. The molecule has 2 aromatic carbocycles. The van der Waals surface area contributed by atoms with E-state index < -0.39 is 10.0 Å². The highest BCUT2D eigenvalue weighted by atomic mass is 32.2. The van der Waals surface area contributed by atoms with Gasteiger partial charge in [0, 0.05) is 30.4 Å². The van der Waals surface area contributed by atoms with Gasteiger partial charge in [0.1, 0.15) is 0 Å². The lowest BCUT2D eigenvalue weighted by Gasteiger charge is -2.26. The van der Waals surface area contributed by atoms with Crippen LogP contribution in [0, 0.1) is 0 Å². The first-order chi connectivity index (χ1) is 13.0. The first-order valence-corrected chi connectivity index (χ1v) is 10.9. The summed E-state index contributed by atoms with van der Waals surface area (Å²) in [5.41, 5.74) is 2.38.